The molecule has 0 radical (unpaired) electrons. The molecular formula is C20H32N6O3S. The minimum Gasteiger partial charge on any atom is -0.354 e. The van der Waals surface area contributed by atoms with Crippen LogP contribution >= 0.6 is 0 Å². The number of nitrogens with one attached hydrogen (secondary N) is 1. The lowest BCUT2D eigenvalue weighted by Crippen LogP contribution is -2.41. The first kappa shape index (κ1) is 22.6. The average Bonchev–Trinajstić information content (AvgIpc) is 2.96. The molecule has 0 atom stereocenters. The van der Waals surface area contributed by atoms with E-state index in [4.69, 9.17) is 0 Å². The molecular weight excluding hydrogens is 404 g/mol. The van der Waals surface area contributed by atoms with Crippen LogP contribution in [-0.4, -0.2) is 78.3 Å². The number of sulfonamides is 1. The lowest BCUT2D eigenvalue weighted by Gasteiger charge is -2.20. The molecule has 0 saturated carbocycles. The van der Waals surface area contributed by atoms with E-state index in [1.165, 1.54) is 44.9 Å². The number of amides is 1. The van der Waals surface area contributed by atoms with Gasteiger partial charge in [0, 0.05) is 26.2 Å². The Hall–Kier alpha value is -2.04. The quantitative estimate of drug-likeness (QED) is 0.675. The highest BCUT2D eigenvalue weighted by Gasteiger charge is 2.24. The first-order valence-electron chi connectivity index (χ1n) is 10.6. The van der Waals surface area contributed by atoms with Crippen LogP contribution in [0, 0.1) is 0 Å². The fraction of sp³-hybridized carbons (Fsp3) is 0.650. The van der Waals surface area contributed by atoms with E-state index in [1.807, 2.05) is 13.8 Å². The number of likely N-dealkylation sites (tertiary alicyclic amines) is 1. The zero-order chi connectivity index (χ0) is 21.7. The summed E-state index contributed by atoms with van der Waals surface area (Å²) in [6.07, 6.45) is 4.94. The second kappa shape index (κ2) is 9.84. The van der Waals surface area contributed by atoms with Crippen molar-refractivity contribution in [2.75, 3.05) is 39.8 Å². The smallest absolute Gasteiger partial charge is 0.243 e. The second-order valence-corrected chi connectivity index (χ2v) is 10.2. The molecule has 1 aromatic carbocycles. The summed E-state index contributed by atoms with van der Waals surface area (Å²) in [6, 6.07) is 4.87. The molecule has 10 heteroatoms. The van der Waals surface area contributed by atoms with Crippen LogP contribution in [0.15, 0.2) is 23.1 Å². The lowest BCUT2D eigenvalue weighted by atomic mass is 10.2. The number of carbonyl (C=O) groups excluding carboxylic acids is 1. The Bertz CT molecular complexity index is 964. The summed E-state index contributed by atoms with van der Waals surface area (Å²) < 4.78 is 28.6. The average molecular weight is 437 g/mol. The van der Waals surface area contributed by atoms with Gasteiger partial charge in [-0.25, -0.2) is 13.1 Å². The van der Waals surface area contributed by atoms with Crippen molar-refractivity contribution in [2.45, 2.75) is 50.5 Å². The predicted octanol–water partition coefficient (Wildman–Crippen LogP) is 1.62. The van der Waals surface area contributed by atoms with E-state index in [0.29, 0.717) is 12.1 Å². The van der Waals surface area contributed by atoms with Gasteiger partial charge in [-0.05, 0) is 58.0 Å². The van der Waals surface area contributed by atoms with Gasteiger partial charge in [0.25, 0.3) is 0 Å². The number of rotatable bonds is 8. The molecule has 1 aliphatic rings. The molecule has 2 aromatic rings. The van der Waals surface area contributed by atoms with E-state index in [-0.39, 0.29) is 23.4 Å². The summed E-state index contributed by atoms with van der Waals surface area (Å²) >= 11 is 0. The standard InChI is InChI=1S/C20H32N6O3S/c1-16(2)26-19-9-8-17(14-18(19)22-23-26)30(28,29)24(3)15-20(27)21-10-13-25-11-6-4-5-7-12-25/h8-9,14,16H,4-7,10-13,15H2,1-3H3,(H,21,27). The van der Waals surface area contributed by atoms with Gasteiger partial charge in [0.05, 0.1) is 17.0 Å². The Labute approximate surface area is 178 Å². The SMILES string of the molecule is CC(C)n1nnc2cc(S(=O)(=O)N(C)CC(=O)NCCN3CCCCCC3)ccc21. The summed E-state index contributed by atoms with van der Waals surface area (Å²) in [5.41, 5.74) is 1.29. The largest absolute Gasteiger partial charge is 0.354 e. The molecule has 0 bridgehead atoms. The molecule has 1 amide bonds. The van der Waals surface area contributed by atoms with E-state index >= 15 is 0 Å². The number of aromatic nitrogens is 3. The predicted molar refractivity (Wildman–Crippen MR) is 116 cm³/mol. The van der Waals surface area contributed by atoms with Crippen LogP contribution in [0.5, 0.6) is 0 Å². The van der Waals surface area contributed by atoms with Crippen molar-refractivity contribution in [3.05, 3.63) is 18.2 Å². The van der Waals surface area contributed by atoms with E-state index in [9.17, 15) is 13.2 Å². The highest BCUT2D eigenvalue weighted by Crippen LogP contribution is 2.21. The Morgan fingerprint density at radius 3 is 2.57 bits per heavy atom. The molecule has 3 rings (SSSR count). The van der Waals surface area contributed by atoms with Crippen molar-refractivity contribution < 1.29 is 13.2 Å². The zero-order valence-corrected chi connectivity index (χ0v) is 18.9. The number of nitrogens with zero attached hydrogens (tertiary/aromatic N) is 5. The molecule has 0 unspecified atom stereocenters. The van der Waals surface area contributed by atoms with Gasteiger partial charge in [0.15, 0.2) is 0 Å². The van der Waals surface area contributed by atoms with Crippen LogP contribution in [0.3, 0.4) is 0 Å². The highest BCUT2D eigenvalue weighted by atomic mass is 32.2. The van der Waals surface area contributed by atoms with Gasteiger partial charge >= 0.3 is 0 Å². The summed E-state index contributed by atoms with van der Waals surface area (Å²) in [4.78, 5) is 14.7. The summed E-state index contributed by atoms with van der Waals surface area (Å²) in [6.45, 7) is 7.19. The number of hydrogen-bond donors (Lipinski definition) is 1. The molecule has 2 heterocycles. The third kappa shape index (κ3) is 5.35. The Balaban J connectivity index is 1.57. The van der Waals surface area contributed by atoms with Crippen LogP contribution in [0.4, 0.5) is 0 Å². The fourth-order valence-electron chi connectivity index (χ4n) is 3.70. The molecule has 1 saturated heterocycles. The van der Waals surface area contributed by atoms with E-state index in [0.717, 1.165) is 29.5 Å². The van der Waals surface area contributed by atoms with Crippen LogP contribution in [0.25, 0.3) is 11.0 Å². The van der Waals surface area contributed by atoms with Crippen molar-refractivity contribution in [1.29, 1.82) is 0 Å². The van der Waals surface area contributed by atoms with Crippen LogP contribution in [-0.2, 0) is 14.8 Å². The van der Waals surface area contributed by atoms with Crippen molar-refractivity contribution in [3.8, 4) is 0 Å². The maximum Gasteiger partial charge on any atom is 0.243 e. The molecule has 30 heavy (non-hydrogen) atoms. The third-order valence-electron chi connectivity index (χ3n) is 5.45. The van der Waals surface area contributed by atoms with Crippen molar-refractivity contribution in [1.82, 2.24) is 29.5 Å². The first-order valence-corrected chi connectivity index (χ1v) is 12.0. The van der Waals surface area contributed by atoms with Gasteiger partial charge < -0.3 is 10.2 Å². The Morgan fingerprint density at radius 2 is 1.90 bits per heavy atom. The molecule has 1 aliphatic heterocycles. The molecule has 0 aliphatic carbocycles. The van der Waals surface area contributed by atoms with Gasteiger partial charge in [-0.15, -0.1) is 5.10 Å². The van der Waals surface area contributed by atoms with Crippen LogP contribution < -0.4 is 5.32 Å². The molecule has 0 spiro atoms. The molecule has 1 aromatic heterocycles. The molecule has 1 N–H and O–H groups in total. The molecule has 1 fully saturated rings. The maximum atomic E-state index is 12.9. The molecule has 166 valence electrons. The Kier molecular flexibility index (Phi) is 7.43. The van der Waals surface area contributed by atoms with Gasteiger partial charge in [0.1, 0.15) is 5.52 Å². The van der Waals surface area contributed by atoms with Gasteiger partial charge in [-0.3, -0.25) is 4.79 Å². The van der Waals surface area contributed by atoms with Gasteiger partial charge in [0.2, 0.25) is 15.9 Å². The number of hydrogen-bond acceptors (Lipinski definition) is 6. The lowest BCUT2D eigenvalue weighted by molar-refractivity contribution is -0.121. The van der Waals surface area contributed by atoms with Gasteiger partial charge in [-0.2, -0.15) is 4.31 Å². The minimum atomic E-state index is -3.80. The van der Waals surface area contributed by atoms with E-state index < -0.39 is 10.0 Å². The van der Waals surface area contributed by atoms with Gasteiger partial charge in [-0.1, -0.05) is 18.1 Å². The van der Waals surface area contributed by atoms with E-state index in [2.05, 4.69) is 20.5 Å². The summed E-state index contributed by atoms with van der Waals surface area (Å²) in [7, 11) is -2.39. The van der Waals surface area contributed by atoms with E-state index in [1.54, 1.807) is 10.7 Å². The third-order valence-corrected chi connectivity index (χ3v) is 7.25. The number of likely N-dealkylation sites (N-methyl/N-ethyl adjacent to an activating group) is 1. The summed E-state index contributed by atoms with van der Waals surface area (Å²) in [5, 5.41) is 11.0. The number of benzene rings is 1. The summed E-state index contributed by atoms with van der Waals surface area (Å²) in [5.74, 6) is -0.303. The van der Waals surface area contributed by atoms with Crippen molar-refractivity contribution in [3.63, 3.8) is 0 Å². The number of carbonyl (C=O) groups is 1. The number of fused-ring (bicyclic) bond motifs is 1. The maximum absolute atomic E-state index is 12.9. The first-order chi connectivity index (χ1) is 14.3. The zero-order valence-electron chi connectivity index (χ0n) is 18.0. The topological polar surface area (TPSA) is 100 Å². The minimum absolute atomic E-state index is 0.102. The monoisotopic (exact) mass is 436 g/mol. The second-order valence-electron chi connectivity index (χ2n) is 8.15. The highest BCUT2D eigenvalue weighted by molar-refractivity contribution is 7.89. The van der Waals surface area contributed by atoms with Crippen molar-refractivity contribution in [2.24, 2.45) is 0 Å². The van der Waals surface area contributed by atoms with Crippen molar-refractivity contribution >= 4 is 27.0 Å². The molecule has 9 nitrogen and oxygen atoms in total. The van der Waals surface area contributed by atoms with Crippen LogP contribution in [0.1, 0.15) is 45.6 Å². The normalized spacial score (nSPS) is 16.3. The van der Waals surface area contributed by atoms with Crippen LogP contribution in [0.2, 0.25) is 0 Å². The Morgan fingerprint density at radius 1 is 1.20 bits per heavy atom. The fourth-order valence-corrected chi connectivity index (χ4v) is 4.85.